The third-order valence-electron chi connectivity index (χ3n) is 7.38. The highest BCUT2D eigenvalue weighted by atomic mass is 16.5. The van der Waals surface area contributed by atoms with E-state index in [9.17, 15) is 4.79 Å². The molecule has 4 aliphatic carbocycles. The van der Waals surface area contributed by atoms with Gasteiger partial charge in [-0.15, -0.1) is 0 Å². The quantitative estimate of drug-likeness (QED) is 0.811. The van der Waals surface area contributed by atoms with E-state index >= 15 is 0 Å². The summed E-state index contributed by atoms with van der Waals surface area (Å²) in [6.07, 6.45) is 7.68. The van der Waals surface area contributed by atoms with Crippen LogP contribution >= 0.6 is 0 Å². The van der Waals surface area contributed by atoms with Gasteiger partial charge in [0, 0.05) is 6.54 Å². The molecule has 0 aromatic heterocycles. The van der Waals surface area contributed by atoms with Crippen molar-refractivity contribution in [2.45, 2.75) is 51.6 Å². The number of nitrogens with zero attached hydrogens (tertiary/aromatic N) is 1. The van der Waals surface area contributed by atoms with Crippen LogP contribution in [0.4, 0.5) is 0 Å². The molecule has 4 saturated carbocycles. The van der Waals surface area contributed by atoms with Crippen molar-refractivity contribution in [1.82, 2.24) is 4.90 Å². The summed E-state index contributed by atoms with van der Waals surface area (Å²) in [5.74, 6) is 2.92. The molecule has 25 heavy (non-hydrogen) atoms. The summed E-state index contributed by atoms with van der Waals surface area (Å²) >= 11 is 0. The van der Waals surface area contributed by atoms with Gasteiger partial charge in [-0.1, -0.05) is 24.3 Å². The van der Waals surface area contributed by atoms with Crippen molar-refractivity contribution in [3.05, 3.63) is 35.4 Å². The molecule has 0 spiro atoms. The third kappa shape index (κ3) is 2.63. The second-order valence-corrected chi connectivity index (χ2v) is 9.17. The number of morpholine rings is 1. The minimum absolute atomic E-state index is 0.0254. The Morgan fingerprint density at radius 1 is 1.08 bits per heavy atom. The van der Waals surface area contributed by atoms with Gasteiger partial charge in [0.1, 0.15) is 6.10 Å². The van der Waals surface area contributed by atoms with Crippen molar-refractivity contribution < 1.29 is 9.53 Å². The van der Waals surface area contributed by atoms with Gasteiger partial charge in [-0.05, 0) is 74.3 Å². The standard InChI is InChI=1S/C22H29NO2/c1-15-4-2-3-5-19(15)20-14-23(6-7-25-20)21(24)22-11-16-8-17(12-22)10-18(9-16)13-22/h2-5,16-18,20H,6-14H2,1H3. The smallest absolute Gasteiger partial charge is 0.228 e. The summed E-state index contributed by atoms with van der Waals surface area (Å²) < 4.78 is 6.05. The SMILES string of the molecule is Cc1ccccc1C1CN(C(=O)C23CC4CC(CC(C4)C2)C3)CCO1. The summed E-state index contributed by atoms with van der Waals surface area (Å²) in [5, 5.41) is 0. The number of benzene rings is 1. The average Bonchev–Trinajstić information content (AvgIpc) is 2.60. The fourth-order valence-corrected chi connectivity index (χ4v) is 6.68. The Balaban J connectivity index is 1.36. The molecule has 1 amide bonds. The Bertz CT molecular complexity index is 647. The maximum Gasteiger partial charge on any atom is 0.228 e. The minimum atomic E-state index is -0.0254. The molecule has 1 aromatic carbocycles. The lowest BCUT2D eigenvalue weighted by Gasteiger charge is -2.57. The van der Waals surface area contributed by atoms with Gasteiger partial charge < -0.3 is 9.64 Å². The number of hydrogen-bond acceptors (Lipinski definition) is 2. The van der Waals surface area contributed by atoms with Crippen molar-refractivity contribution in [3.63, 3.8) is 0 Å². The predicted octanol–water partition coefficient (Wildman–Crippen LogP) is 4.11. The molecule has 0 radical (unpaired) electrons. The second-order valence-electron chi connectivity index (χ2n) is 9.17. The van der Waals surface area contributed by atoms with Gasteiger partial charge in [-0.25, -0.2) is 0 Å². The largest absolute Gasteiger partial charge is 0.370 e. The summed E-state index contributed by atoms with van der Waals surface area (Å²) in [6.45, 7) is 4.30. The number of ether oxygens (including phenoxy) is 1. The first-order valence-electron chi connectivity index (χ1n) is 10.1. The number of carbonyl (C=O) groups is 1. The van der Waals surface area contributed by atoms with E-state index in [1.807, 2.05) is 0 Å². The maximum atomic E-state index is 13.6. The Morgan fingerprint density at radius 2 is 1.72 bits per heavy atom. The van der Waals surface area contributed by atoms with Crippen LogP contribution in [-0.2, 0) is 9.53 Å². The molecule has 1 aromatic rings. The molecule has 6 rings (SSSR count). The van der Waals surface area contributed by atoms with Gasteiger partial charge in [0.15, 0.2) is 0 Å². The molecule has 1 atom stereocenters. The Hall–Kier alpha value is -1.35. The first kappa shape index (κ1) is 15.9. The highest BCUT2D eigenvalue weighted by Gasteiger charge is 2.55. The van der Waals surface area contributed by atoms with E-state index in [1.54, 1.807) is 0 Å². The monoisotopic (exact) mass is 339 g/mol. The van der Waals surface area contributed by atoms with Crippen molar-refractivity contribution in [2.24, 2.45) is 23.2 Å². The highest BCUT2D eigenvalue weighted by molar-refractivity contribution is 5.83. The summed E-state index contributed by atoms with van der Waals surface area (Å²) in [7, 11) is 0. The van der Waals surface area contributed by atoms with Crippen molar-refractivity contribution in [1.29, 1.82) is 0 Å². The van der Waals surface area contributed by atoms with E-state index in [0.29, 0.717) is 12.5 Å². The molecule has 5 fully saturated rings. The van der Waals surface area contributed by atoms with Crippen LogP contribution in [0.5, 0.6) is 0 Å². The van der Waals surface area contributed by atoms with Crippen molar-refractivity contribution in [3.8, 4) is 0 Å². The number of aryl methyl sites for hydroxylation is 1. The van der Waals surface area contributed by atoms with Crippen LogP contribution in [0.2, 0.25) is 0 Å². The molecular weight excluding hydrogens is 310 g/mol. The van der Waals surface area contributed by atoms with Gasteiger partial charge in [-0.2, -0.15) is 0 Å². The van der Waals surface area contributed by atoms with Crippen LogP contribution in [0.15, 0.2) is 24.3 Å². The predicted molar refractivity (Wildman–Crippen MR) is 97.1 cm³/mol. The summed E-state index contributed by atoms with van der Waals surface area (Å²) in [4.78, 5) is 15.7. The van der Waals surface area contributed by atoms with E-state index in [2.05, 4.69) is 36.1 Å². The fraction of sp³-hybridized carbons (Fsp3) is 0.682. The third-order valence-corrected chi connectivity index (χ3v) is 7.38. The normalized spacial score (nSPS) is 39.6. The molecular formula is C22H29NO2. The topological polar surface area (TPSA) is 29.5 Å². The Kier molecular flexibility index (Phi) is 3.70. The molecule has 0 N–H and O–H groups in total. The van der Waals surface area contributed by atoms with Crippen molar-refractivity contribution in [2.75, 3.05) is 19.7 Å². The van der Waals surface area contributed by atoms with Crippen LogP contribution in [0.25, 0.3) is 0 Å². The van der Waals surface area contributed by atoms with E-state index < -0.39 is 0 Å². The molecule has 1 saturated heterocycles. The Morgan fingerprint density at radius 3 is 2.36 bits per heavy atom. The van der Waals surface area contributed by atoms with Crippen molar-refractivity contribution >= 4 is 5.91 Å². The number of hydrogen-bond donors (Lipinski definition) is 0. The number of carbonyl (C=O) groups excluding carboxylic acids is 1. The van der Waals surface area contributed by atoms with Gasteiger partial charge in [0.2, 0.25) is 5.91 Å². The number of rotatable bonds is 2. The zero-order valence-electron chi connectivity index (χ0n) is 15.2. The van der Waals surface area contributed by atoms with Crippen LogP contribution in [0.3, 0.4) is 0 Å². The van der Waals surface area contributed by atoms with E-state index in [-0.39, 0.29) is 11.5 Å². The molecule has 4 bridgehead atoms. The molecule has 134 valence electrons. The van der Waals surface area contributed by atoms with Crippen LogP contribution in [0.1, 0.15) is 55.8 Å². The average molecular weight is 339 g/mol. The van der Waals surface area contributed by atoms with Gasteiger partial charge in [0.25, 0.3) is 0 Å². The van der Waals surface area contributed by atoms with Crippen LogP contribution in [0, 0.1) is 30.1 Å². The lowest BCUT2D eigenvalue weighted by Crippen LogP contribution is -2.56. The lowest BCUT2D eigenvalue weighted by atomic mass is 9.49. The maximum absolute atomic E-state index is 13.6. The van der Waals surface area contributed by atoms with Gasteiger partial charge >= 0.3 is 0 Å². The minimum Gasteiger partial charge on any atom is -0.370 e. The highest BCUT2D eigenvalue weighted by Crippen LogP contribution is 2.60. The van der Waals surface area contributed by atoms with Gasteiger partial charge in [-0.3, -0.25) is 4.79 Å². The van der Waals surface area contributed by atoms with Crippen LogP contribution < -0.4 is 0 Å². The first-order valence-corrected chi connectivity index (χ1v) is 10.1. The lowest BCUT2D eigenvalue weighted by molar-refractivity contribution is -0.164. The van der Waals surface area contributed by atoms with E-state index in [4.69, 9.17) is 4.74 Å². The fourth-order valence-electron chi connectivity index (χ4n) is 6.68. The van der Waals surface area contributed by atoms with Crippen LogP contribution in [-0.4, -0.2) is 30.5 Å². The molecule has 3 heteroatoms. The summed E-state index contributed by atoms with van der Waals surface area (Å²) in [6, 6.07) is 8.43. The Labute approximate surface area is 150 Å². The molecule has 1 aliphatic heterocycles. The molecule has 3 nitrogen and oxygen atoms in total. The number of amides is 1. The zero-order chi connectivity index (χ0) is 17.0. The molecule has 1 heterocycles. The van der Waals surface area contributed by atoms with E-state index in [1.165, 1.54) is 30.4 Å². The summed E-state index contributed by atoms with van der Waals surface area (Å²) in [5.41, 5.74) is 2.48. The first-order chi connectivity index (χ1) is 12.1. The molecule has 1 unspecified atom stereocenters. The molecule has 5 aliphatic rings. The second kappa shape index (κ2) is 5.84. The van der Waals surface area contributed by atoms with Gasteiger partial charge in [0.05, 0.1) is 18.6 Å². The zero-order valence-corrected chi connectivity index (χ0v) is 15.2. The van der Waals surface area contributed by atoms with E-state index in [0.717, 1.165) is 50.1 Å².